The molecule has 2 N–H and O–H groups in total. The molecule has 12 heavy (non-hydrogen) atoms. The summed E-state index contributed by atoms with van der Waals surface area (Å²) in [4.78, 5) is 2.23. The summed E-state index contributed by atoms with van der Waals surface area (Å²) < 4.78 is 0. The molecule has 0 aliphatic heterocycles. The Morgan fingerprint density at radius 3 is 1.75 bits per heavy atom. The summed E-state index contributed by atoms with van der Waals surface area (Å²) in [6.07, 6.45) is 1.04. The van der Waals surface area contributed by atoms with Crippen LogP contribution in [-0.2, 0) is 0 Å². The van der Waals surface area contributed by atoms with Gasteiger partial charge in [0.05, 0.1) is 0 Å². The van der Waals surface area contributed by atoms with Gasteiger partial charge in [-0.2, -0.15) is 0 Å². The Morgan fingerprint density at radius 1 is 1.25 bits per heavy atom. The van der Waals surface area contributed by atoms with Gasteiger partial charge in [-0.1, -0.05) is 27.7 Å². The van der Waals surface area contributed by atoms with Crippen molar-refractivity contribution in [3.8, 4) is 0 Å². The third kappa shape index (κ3) is 3.11. The smallest absolute Gasteiger partial charge is 0.0289 e. The van der Waals surface area contributed by atoms with Gasteiger partial charge in [0.25, 0.3) is 0 Å². The number of hydrogen-bond acceptors (Lipinski definition) is 2. The van der Waals surface area contributed by atoms with Crippen LogP contribution in [0.1, 0.15) is 34.1 Å². The van der Waals surface area contributed by atoms with E-state index in [0.717, 1.165) is 6.42 Å². The van der Waals surface area contributed by atoms with E-state index in [-0.39, 0.29) is 11.5 Å². The van der Waals surface area contributed by atoms with Crippen LogP contribution in [0.25, 0.3) is 0 Å². The fraction of sp³-hybridized carbons (Fsp3) is 1.00. The first-order valence-corrected chi connectivity index (χ1v) is 4.72. The molecule has 0 rings (SSSR count). The molecule has 0 aromatic heterocycles. The molecule has 2 heteroatoms. The van der Waals surface area contributed by atoms with Crippen molar-refractivity contribution in [3.63, 3.8) is 0 Å². The van der Waals surface area contributed by atoms with Crippen molar-refractivity contribution in [2.75, 3.05) is 14.1 Å². The Balaban J connectivity index is 4.44. The molecule has 74 valence electrons. The lowest BCUT2D eigenvalue weighted by Gasteiger charge is -2.39. The molecule has 0 aliphatic rings. The van der Waals surface area contributed by atoms with E-state index in [1.165, 1.54) is 0 Å². The Hall–Kier alpha value is -0.0800. The van der Waals surface area contributed by atoms with E-state index in [4.69, 9.17) is 5.73 Å². The van der Waals surface area contributed by atoms with Crippen molar-refractivity contribution in [2.45, 2.75) is 46.2 Å². The summed E-state index contributed by atoms with van der Waals surface area (Å²) in [5.41, 5.74) is 6.33. The minimum absolute atomic E-state index is 0.263. The maximum Gasteiger partial charge on any atom is 0.0289 e. The normalized spacial score (nSPS) is 18.0. The molecule has 0 saturated carbocycles. The molecule has 0 saturated heterocycles. The first kappa shape index (κ1) is 11.9. The third-order valence-corrected chi connectivity index (χ3v) is 2.32. The van der Waals surface area contributed by atoms with Gasteiger partial charge in [0, 0.05) is 12.1 Å². The molecule has 2 nitrogen and oxygen atoms in total. The topological polar surface area (TPSA) is 29.3 Å². The summed E-state index contributed by atoms with van der Waals surface area (Å²) in [6, 6.07) is 0.738. The number of nitrogens with zero attached hydrogens (tertiary/aromatic N) is 1. The average Bonchev–Trinajstić information content (AvgIpc) is 1.83. The maximum atomic E-state index is 6.06. The van der Waals surface area contributed by atoms with E-state index in [2.05, 4.69) is 46.7 Å². The van der Waals surface area contributed by atoms with Crippen LogP contribution in [0.5, 0.6) is 0 Å². The Morgan fingerprint density at radius 2 is 1.67 bits per heavy atom. The van der Waals surface area contributed by atoms with Crippen LogP contribution in [-0.4, -0.2) is 31.1 Å². The fourth-order valence-corrected chi connectivity index (χ4v) is 2.02. The highest BCUT2D eigenvalue weighted by molar-refractivity contribution is 4.88. The van der Waals surface area contributed by atoms with Gasteiger partial charge in [-0.15, -0.1) is 0 Å². The van der Waals surface area contributed by atoms with Crippen LogP contribution in [0.2, 0.25) is 0 Å². The highest BCUT2D eigenvalue weighted by Gasteiger charge is 2.30. The molecular weight excluding hydrogens is 148 g/mol. The zero-order chi connectivity index (χ0) is 9.94. The van der Waals surface area contributed by atoms with Gasteiger partial charge < -0.3 is 10.6 Å². The van der Waals surface area contributed by atoms with Crippen molar-refractivity contribution >= 4 is 0 Å². The van der Waals surface area contributed by atoms with E-state index < -0.39 is 0 Å². The summed E-state index contributed by atoms with van der Waals surface area (Å²) >= 11 is 0. The van der Waals surface area contributed by atoms with Gasteiger partial charge in [0.2, 0.25) is 0 Å². The van der Waals surface area contributed by atoms with E-state index >= 15 is 0 Å². The minimum Gasteiger partial charge on any atom is -0.326 e. The van der Waals surface area contributed by atoms with Gasteiger partial charge in [-0.25, -0.2) is 0 Å². The van der Waals surface area contributed by atoms with E-state index in [1.807, 2.05) is 0 Å². The van der Waals surface area contributed by atoms with Gasteiger partial charge in [0.1, 0.15) is 0 Å². The fourth-order valence-electron chi connectivity index (χ4n) is 2.02. The minimum atomic E-state index is 0.263. The number of rotatable bonds is 3. The second-order valence-corrected chi connectivity index (χ2v) is 4.85. The summed E-state index contributed by atoms with van der Waals surface area (Å²) in [7, 11) is 4.21. The number of nitrogens with two attached hydrogens (primary N) is 1. The predicted molar refractivity (Wildman–Crippen MR) is 55.2 cm³/mol. The Labute approximate surface area is 77.1 Å². The van der Waals surface area contributed by atoms with Crippen molar-refractivity contribution < 1.29 is 0 Å². The molecule has 2 unspecified atom stereocenters. The average molecular weight is 172 g/mol. The number of hydrogen-bond donors (Lipinski definition) is 1. The number of likely N-dealkylation sites (N-methyl/N-ethyl adjacent to an activating group) is 1. The molecule has 0 spiro atoms. The quantitative estimate of drug-likeness (QED) is 0.702. The zero-order valence-corrected chi connectivity index (χ0v) is 9.39. The lowest BCUT2D eigenvalue weighted by Crippen LogP contribution is -2.51. The van der Waals surface area contributed by atoms with Gasteiger partial charge in [-0.05, 0) is 25.9 Å². The molecular formula is C10H24N2. The van der Waals surface area contributed by atoms with Crippen molar-refractivity contribution in [1.82, 2.24) is 4.90 Å². The van der Waals surface area contributed by atoms with Crippen molar-refractivity contribution in [3.05, 3.63) is 0 Å². The molecule has 0 amide bonds. The van der Waals surface area contributed by atoms with Gasteiger partial charge in [0.15, 0.2) is 0 Å². The van der Waals surface area contributed by atoms with Crippen LogP contribution in [0, 0.1) is 5.41 Å². The van der Waals surface area contributed by atoms with E-state index in [1.54, 1.807) is 0 Å². The standard InChI is InChI=1S/C10H24N2/c1-7-8(11)9(12(5)6)10(2,3)4/h8-9H,7,11H2,1-6H3. The first-order valence-electron chi connectivity index (χ1n) is 4.72. The van der Waals surface area contributed by atoms with Crippen LogP contribution in [0.4, 0.5) is 0 Å². The third-order valence-electron chi connectivity index (χ3n) is 2.32. The molecule has 0 heterocycles. The zero-order valence-electron chi connectivity index (χ0n) is 9.39. The van der Waals surface area contributed by atoms with Gasteiger partial charge in [-0.3, -0.25) is 0 Å². The largest absolute Gasteiger partial charge is 0.326 e. The summed E-state index contributed by atoms with van der Waals surface area (Å²) in [5, 5.41) is 0. The second-order valence-electron chi connectivity index (χ2n) is 4.85. The monoisotopic (exact) mass is 172 g/mol. The highest BCUT2D eigenvalue weighted by atomic mass is 15.1. The molecule has 0 aliphatic carbocycles. The van der Waals surface area contributed by atoms with Crippen LogP contribution in [0.3, 0.4) is 0 Å². The lowest BCUT2D eigenvalue weighted by molar-refractivity contribution is 0.123. The van der Waals surface area contributed by atoms with E-state index in [0.29, 0.717) is 6.04 Å². The second kappa shape index (κ2) is 4.24. The molecule has 2 atom stereocenters. The highest BCUT2D eigenvalue weighted by Crippen LogP contribution is 2.25. The summed E-state index contributed by atoms with van der Waals surface area (Å²) in [5.74, 6) is 0. The molecule has 0 bridgehead atoms. The summed E-state index contributed by atoms with van der Waals surface area (Å²) in [6.45, 7) is 8.88. The maximum absolute atomic E-state index is 6.06. The van der Waals surface area contributed by atoms with Crippen LogP contribution in [0.15, 0.2) is 0 Å². The van der Waals surface area contributed by atoms with Crippen LogP contribution < -0.4 is 5.73 Å². The molecule has 0 aromatic carbocycles. The SMILES string of the molecule is CCC(N)C(N(C)C)C(C)(C)C. The lowest BCUT2D eigenvalue weighted by atomic mass is 9.81. The molecule has 0 fully saturated rings. The Kier molecular flexibility index (Phi) is 4.21. The van der Waals surface area contributed by atoms with E-state index in [9.17, 15) is 0 Å². The predicted octanol–water partition coefficient (Wildman–Crippen LogP) is 1.70. The van der Waals surface area contributed by atoms with Gasteiger partial charge >= 0.3 is 0 Å². The van der Waals surface area contributed by atoms with Crippen LogP contribution >= 0.6 is 0 Å². The molecule has 0 aromatic rings. The van der Waals surface area contributed by atoms with Crippen molar-refractivity contribution in [2.24, 2.45) is 11.1 Å². The first-order chi connectivity index (χ1) is 5.30. The Bertz CT molecular complexity index is 124. The van der Waals surface area contributed by atoms with Crippen molar-refractivity contribution in [1.29, 1.82) is 0 Å². The molecule has 0 radical (unpaired) electrons.